The van der Waals surface area contributed by atoms with E-state index in [1.165, 1.54) is 95.4 Å². The van der Waals surface area contributed by atoms with E-state index in [0.717, 1.165) is 25.0 Å². The van der Waals surface area contributed by atoms with Crippen LogP contribution in [-0.2, 0) is 23.7 Å². The van der Waals surface area contributed by atoms with Crippen molar-refractivity contribution in [3.63, 3.8) is 0 Å². The molecule has 1 heterocycles. The van der Waals surface area contributed by atoms with E-state index in [2.05, 4.69) is 212 Å². The molecule has 60 heavy (non-hydrogen) atoms. The molecule has 0 spiro atoms. The molecule has 2 atom stereocenters. The van der Waals surface area contributed by atoms with Crippen LogP contribution in [0.1, 0.15) is 150 Å². The summed E-state index contributed by atoms with van der Waals surface area (Å²) in [6, 6.07) is 42.1. The second-order valence-electron chi connectivity index (χ2n) is 18.3. The number of aryl methyl sites for hydroxylation is 12. The van der Waals surface area contributed by atoms with Crippen molar-refractivity contribution in [3.8, 4) is 5.75 Å². The van der Waals surface area contributed by atoms with Crippen LogP contribution < -0.4 is 4.74 Å². The molecule has 0 radical (unpaired) electrons. The molecule has 318 valence electrons. The Bertz CT molecular complexity index is 2300. The lowest BCUT2D eigenvalue weighted by atomic mass is 9.73. The minimum atomic E-state index is 0.120. The Morgan fingerprint density at radius 2 is 1.02 bits per heavy atom. The molecule has 1 aliphatic carbocycles. The highest BCUT2D eigenvalue weighted by Gasteiger charge is 2.46. The first kappa shape index (κ1) is 47.8. The van der Waals surface area contributed by atoms with Crippen molar-refractivity contribution in [1.29, 1.82) is 0 Å². The van der Waals surface area contributed by atoms with Gasteiger partial charge in [-0.3, -0.25) is 0 Å². The lowest BCUT2D eigenvalue weighted by Crippen LogP contribution is -2.24. The zero-order valence-corrected chi connectivity index (χ0v) is 40.3. The predicted octanol–water partition coefficient (Wildman–Crippen LogP) is 16.5. The third kappa shape index (κ3) is 12.1. The highest BCUT2D eigenvalue weighted by atomic mass is 16.5. The molecule has 0 aromatic heterocycles. The summed E-state index contributed by atoms with van der Waals surface area (Å²) in [4.78, 5) is 0. The lowest BCUT2D eigenvalue weighted by molar-refractivity contribution is 0.176. The Balaban J connectivity index is 0.000000188. The number of hydrogen-bond acceptors (Lipinski definition) is 1. The van der Waals surface area contributed by atoms with Crippen molar-refractivity contribution < 1.29 is 4.74 Å². The van der Waals surface area contributed by atoms with E-state index in [-0.39, 0.29) is 16.9 Å². The second kappa shape index (κ2) is 21.1. The first-order valence-corrected chi connectivity index (χ1v) is 22.5. The molecule has 2 aliphatic rings. The van der Waals surface area contributed by atoms with Gasteiger partial charge in [0.05, 0.1) is 0 Å². The Kier molecular flexibility index (Phi) is 16.8. The molecule has 1 heteroatoms. The SMILES string of the molecule is CC.CCc1cccc(C)c1.Cc1ccc(C)cc1.Cc1ccc(C2(C)CC(C)(C)c3cc(C)c(C)cc32)c(C)c1.Cc1ccc(C2CCc3ccc(C)cc3O2)c(C)c1. The van der Waals surface area contributed by atoms with Crippen LogP contribution in [0.15, 0.2) is 115 Å². The van der Waals surface area contributed by atoms with E-state index in [1.807, 2.05) is 13.8 Å². The largest absolute Gasteiger partial charge is 0.485 e. The van der Waals surface area contributed by atoms with Gasteiger partial charge in [-0.2, -0.15) is 0 Å². The topological polar surface area (TPSA) is 9.23 Å². The standard InChI is InChI=1S/C22H28.C18H20O.C9H12.C8H10.C2H6/c1-14-8-9-18(17(4)10-14)22(7)13-21(5,6)19-11-15(2)16(3)12-20(19)22;1-12-5-8-16(14(3)10-12)17-9-7-15-6-4-13(2)11-18(15)19-17;1-3-9-6-4-5-8(2)7-9;1-7-3-5-8(2)6-4-7;1-2/h8-12H,13H2,1-7H3;4-6,8,10-11,17H,7,9H2,1-3H3;4-7H,3H2,1-2H3;3-6H,1-2H3;1-2H3. The monoisotopic (exact) mass is 801 g/mol. The summed E-state index contributed by atoms with van der Waals surface area (Å²) in [5, 5.41) is 0. The van der Waals surface area contributed by atoms with Crippen molar-refractivity contribution in [3.05, 3.63) is 204 Å². The highest BCUT2D eigenvalue weighted by molar-refractivity contribution is 5.56. The minimum absolute atomic E-state index is 0.120. The van der Waals surface area contributed by atoms with Gasteiger partial charge in [-0.25, -0.2) is 0 Å². The molecule has 0 bridgehead atoms. The summed E-state index contributed by atoms with van der Waals surface area (Å²) in [5.41, 5.74) is 22.5. The third-order valence-corrected chi connectivity index (χ3v) is 12.4. The predicted molar refractivity (Wildman–Crippen MR) is 263 cm³/mol. The lowest BCUT2D eigenvalue weighted by Gasteiger charge is -2.30. The molecule has 0 saturated heterocycles. The maximum atomic E-state index is 6.22. The van der Waals surface area contributed by atoms with Gasteiger partial charge in [-0.05, 0) is 168 Å². The van der Waals surface area contributed by atoms with E-state index < -0.39 is 0 Å². The van der Waals surface area contributed by atoms with Crippen molar-refractivity contribution in [1.82, 2.24) is 0 Å². The Morgan fingerprint density at radius 3 is 1.57 bits per heavy atom. The summed E-state index contributed by atoms with van der Waals surface area (Å²) in [6.07, 6.45) is 4.70. The maximum Gasteiger partial charge on any atom is 0.124 e. The van der Waals surface area contributed by atoms with E-state index >= 15 is 0 Å². The molecule has 1 nitrogen and oxygen atoms in total. The van der Waals surface area contributed by atoms with Crippen LogP contribution in [0.4, 0.5) is 0 Å². The number of fused-ring (bicyclic) bond motifs is 2. The van der Waals surface area contributed by atoms with Gasteiger partial charge in [0.1, 0.15) is 11.9 Å². The van der Waals surface area contributed by atoms with Gasteiger partial charge in [0.15, 0.2) is 0 Å². The Labute approximate surface area is 366 Å². The molecule has 0 N–H and O–H groups in total. The van der Waals surface area contributed by atoms with Gasteiger partial charge in [0.25, 0.3) is 0 Å². The second-order valence-corrected chi connectivity index (χ2v) is 18.3. The minimum Gasteiger partial charge on any atom is -0.485 e. The van der Waals surface area contributed by atoms with E-state index in [4.69, 9.17) is 4.74 Å². The zero-order chi connectivity index (χ0) is 44.4. The molecule has 6 aromatic carbocycles. The Morgan fingerprint density at radius 1 is 0.500 bits per heavy atom. The fourth-order valence-electron chi connectivity index (χ4n) is 9.03. The summed E-state index contributed by atoms with van der Waals surface area (Å²) in [5.74, 6) is 1.07. The normalized spacial score (nSPS) is 16.7. The highest BCUT2D eigenvalue weighted by Crippen LogP contribution is 2.54. The number of ether oxygens (including phenoxy) is 1. The maximum absolute atomic E-state index is 6.22. The molecule has 0 saturated carbocycles. The van der Waals surface area contributed by atoms with Gasteiger partial charge in [0.2, 0.25) is 0 Å². The van der Waals surface area contributed by atoms with Crippen LogP contribution in [-0.4, -0.2) is 0 Å². The summed E-state index contributed by atoms with van der Waals surface area (Å²) < 4.78 is 6.22. The van der Waals surface area contributed by atoms with Gasteiger partial charge in [-0.1, -0.05) is 179 Å². The van der Waals surface area contributed by atoms with Crippen LogP contribution in [0.25, 0.3) is 0 Å². The van der Waals surface area contributed by atoms with Gasteiger partial charge >= 0.3 is 0 Å². The number of rotatable bonds is 3. The molecular weight excluding hydrogens is 725 g/mol. The quantitative estimate of drug-likeness (QED) is 0.173. The average molecular weight is 801 g/mol. The zero-order valence-electron chi connectivity index (χ0n) is 40.3. The Hall–Kier alpha value is -4.88. The molecule has 0 fully saturated rings. The van der Waals surface area contributed by atoms with E-state index in [9.17, 15) is 0 Å². The summed E-state index contributed by atoms with van der Waals surface area (Å²) >= 11 is 0. The van der Waals surface area contributed by atoms with Crippen LogP contribution in [0.2, 0.25) is 0 Å². The fraction of sp³-hybridized carbons (Fsp3) is 0.390. The van der Waals surface area contributed by atoms with E-state index in [1.54, 1.807) is 0 Å². The van der Waals surface area contributed by atoms with Crippen molar-refractivity contribution in [2.24, 2.45) is 0 Å². The third-order valence-electron chi connectivity index (χ3n) is 12.4. The van der Waals surface area contributed by atoms with Crippen LogP contribution >= 0.6 is 0 Å². The van der Waals surface area contributed by atoms with Crippen molar-refractivity contribution >= 4 is 0 Å². The van der Waals surface area contributed by atoms with Crippen molar-refractivity contribution in [2.75, 3.05) is 0 Å². The number of hydrogen-bond donors (Lipinski definition) is 0. The average Bonchev–Trinajstić information content (AvgIpc) is 3.40. The molecule has 1 aliphatic heterocycles. The molecule has 8 rings (SSSR count). The summed E-state index contributed by atoms with van der Waals surface area (Å²) in [6.45, 7) is 35.1. The van der Waals surface area contributed by atoms with Crippen molar-refractivity contribution in [2.45, 2.75) is 153 Å². The molecule has 0 amide bonds. The smallest absolute Gasteiger partial charge is 0.124 e. The first-order valence-electron chi connectivity index (χ1n) is 22.5. The molecule has 6 aromatic rings. The summed E-state index contributed by atoms with van der Waals surface area (Å²) in [7, 11) is 0. The molecule has 2 unspecified atom stereocenters. The first-order chi connectivity index (χ1) is 28.4. The fourth-order valence-corrected chi connectivity index (χ4v) is 9.03. The number of benzene rings is 6. The van der Waals surface area contributed by atoms with Gasteiger partial charge in [0, 0.05) is 5.41 Å². The van der Waals surface area contributed by atoms with Crippen LogP contribution in [0.3, 0.4) is 0 Å². The van der Waals surface area contributed by atoms with Gasteiger partial charge < -0.3 is 4.74 Å². The molecular formula is C59H76O. The van der Waals surface area contributed by atoms with Crippen LogP contribution in [0.5, 0.6) is 5.75 Å². The van der Waals surface area contributed by atoms with Gasteiger partial charge in [-0.15, -0.1) is 0 Å². The van der Waals surface area contributed by atoms with Crippen LogP contribution in [0, 0.1) is 69.2 Å². The van der Waals surface area contributed by atoms with E-state index in [0.29, 0.717) is 0 Å².